The van der Waals surface area contributed by atoms with Crippen molar-refractivity contribution in [2.24, 2.45) is 5.73 Å². The quantitative estimate of drug-likeness (QED) is 0.0740. The minimum atomic E-state index is -1.18. The number of alkyl carbamates (subject to hydrolysis) is 1. The number of unbranched alkanes of at least 4 members (excludes halogenated alkanes) is 1. The van der Waals surface area contributed by atoms with Crippen LogP contribution in [0.25, 0.3) is 22.2 Å². The van der Waals surface area contributed by atoms with Crippen LogP contribution < -0.4 is 16.4 Å². The number of para-hydroxylation sites is 2. The Hall–Kier alpha value is -6.54. The molecule has 2 aliphatic heterocycles. The molecule has 0 aliphatic carbocycles. The van der Waals surface area contributed by atoms with E-state index in [1.165, 1.54) is 4.90 Å². The van der Waals surface area contributed by atoms with E-state index in [0.29, 0.717) is 43.6 Å². The van der Waals surface area contributed by atoms with E-state index in [-0.39, 0.29) is 38.3 Å². The van der Waals surface area contributed by atoms with Crippen molar-refractivity contribution in [3.05, 3.63) is 126 Å². The van der Waals surface area contributed by atoms with Gasteiger partial charge in [-0.3, -0.25) is 14.4 Å². The molecule has 1 aromatic heterocycles. The number of rotatable bonds is 16. The highest BCUT2D eigenvalue weighted by molar-refractivity contribution is 6.01. The Kier molecular flexibility index (Phi) is 14.4. The van der Waals surface area contributed by atoms with Crippen molar-refractivity contribution in [3.63, 3.8) is 0 Å². The molecular weight excluding hydrogens is 777 g/mol. The maximum atomic E-state index is 14.9. The van der Waals surface area contributed by atoms with Crippen LogP contribution in [0.1, 0.15) is 66.8 Å². The van der Waals surface area contributed by atoms with Crippen LogP contribution in [-0.4, -0.2) is 95.0 Å². The number of ether oxygens (including phenoxy) is 2. The van der Waals surface area contributed by atoms with Gasteiger partial charge in [0.05, 0.1) is 12.6 Å². The molecule has 2 saturated heterocycles. The lowest BCUT2D eigenvalue weighted by atomic mass is 10.00. The number of hydrogen-bond donors (Lipinski definition) is 3. The summed E-state index contributed by atoms with van der Waals surface area (Å²) in [6, 6.07) is 30.3. The Morgan fingerprint density at radius 1 is 0.770 bits per heavy atom. The summed E-state index contributed by atoms with van der Waals surface area (Å²) < 4.78 is 17.3. The second-order valence-electron chi connectivity index (χ2n) is 15.5. The number of nitrogens with one attached hydrogen (secondary N) is 2. The number of amides is 4. The van der Waals surface area contributed by atoms with Crippen molar-refractivity contribution in [1.82, 2.24) is 25.4 Å². The average Bonchev–Trinajstić information content (AvgIpc) is 3.93. The van der Waals surface area contributed by atoms with E-state index in [0.717, 1.165) is 41.5 Å². The highest BCUT2D eigenvalue weighted by atomic mass is 16.6. The molecule has 318 valence electrons. The summed E-state index contributed by atoms with van der Waals surface area (Å²) >= 11 is 0. The number of Topliss-reactive ketones (excluding diaryl/α,β-unsaturated/α-hetero) is 1. The topological polar surface area (TPSA) is 186 Å². The van der Waals surface area contributed by atoms with Gasteiger partial charge in [0, 0.05) is 25.9 Å². The number of ketones is 1. The van der Waals surface area contributed by atoms with E-state index >= 15 is 0 Å². The molecule has 14 nitrogen and oxygen atoms in total. The van der Waals surface area contributed by atoms with Gasteiger partial charge in [-0.2, -0.15) is 0 Å². The van der Waals surface area contributed by atoms with Crippen LogP contribution in [0, 0.1) is 0 Å². The van der Waals surface area contributed by atoms with Crippen LogP contribution in [-0.2, 0) is 32.1 Å². The molecule has 4 N–H and O–H groups in total. The van der Waals surface area contributed by atoms with Gasteiger partial charge in [-0.05, 0) is 79.5 Å². The molecule has 0 saturated carbocycles. The molecule has 7 rings (SSSR count). The number of likely N-dealkylation sites (tertiary alicyclic amines) is 2. The molecule has 0 bridgehead atoms. The number of aromatic nitrogens is 1. The van der Waals surface area contributed by atoms with Gasteiger partial charge in [0.15, 0.2) is 5.58 Å². The van der Waals surface area contributed by atoms with E-state index in [1.54, 1.807) is 29.2 Å². The van der Waals surface area contributed by atoms with Gasteiger partial charge >= 0.3 is 12.2 Å². The summed E-state index contributed by atoms with van der Waals surface area (Å²) in [5, 5.41) is 5.65. The molecule has 2 aliphatic rings. The Labute approximate surface area is 354 Å². The maximum absolute atomic E-state index is 14.9. The first kappa shape index (κ1) is 42.6. The highest BCUT2D eigenvalue weighted by Gasteiger charge is 2.45. The Bertz CT molecular complexity index is 2230. The largest absolute Gasteiger partial charge is 0.445 e. The molecule has 61 heavy (non-hydrogen) atoms. The van der Waals surface area contributed by atoms with Gasteiger partial charge in [-0.25, -0.2) is 14.6 Å². The van der Waals surface area contributed by atoms with Crippen LogP contribution in [0.3, 0.4) is 0 Å². The van der Waals surface area contributed by atoms with Crippen molar-refractivity contribution in [2.45, 2.75) is 82.2 Å². The number of fused-ring (bicyclic) bond motifs is 1. The fourth-order valence-corrected chi connectivity index (χ4v) is 7.83. The van der Waals surface area contributed by atoms with Crippen molar-refractivity contribution >= 4 is 40.9 Å². The fraction of sp³-hybridized carbons (Fsp3) is 0.362. The van der Waals surface area contributed by atoms with E-state index in [4.69, 9.17) is 19.6 Å². The summed E-state index contributed by atoms with van der Waals surface area (Å²) in [4.78, 5) is 77.4. The van der Waals surface area contributed by atoms with E-state index in [1.807, 2.05) is 84.9 Å². The smallest absolute Gasteiger partial charge is 0.410 e. The van der Waals surface area contributed by atoms with Crippen LogP contribution in [0.4, 0.5) is 9.59 Å². The molecule has 14 heteroatoms. The summed E-state index contributed by atoms with van der Waals surface area (Å²) in [5.41, 5.74) is 10.2. The number of hydrogen-bond acceptors (Lipinski definition) is 10. The molecule has 0 radical (unpaired) electrons. The van der Waals surface area contributed by atoms with Gasteiger partial charge in [0.2, 0.25) is 17.6 Å². The molecule has 0 unspecified atom stereocenters. The van der Waals surface area contributed by atoms with Crippen molar-refractivity contribution < 1.29 is 37.9 Å². The molecule has 0 spiro atoms. The van der Waals surface area contributed by atoms with Crippen molar-refractivity contribution in [2.75, 3.05) is 26.2 Å². The highest BCUT2D eigenvalue weighted by Crippen LogP contribution is 2.26. The number of piperidine rings is 1. The fourth-order valence-electron chi connectivity index (χ4n) is 7.83. The number of carbonyl (C=O) groups excluding carboxylic acids is 5. The number of oxazole rings is 1. The lowest BCUT2D eigenvalue weighted by Crippen LogP contribution is -2.56. The zero-order chi connectivity index (χ0) is 42.6. The van der Waals surface area contributed by atoms with Crippen LogP contribution in [0.5, 0.6) is 0 Å². The predicted octanol–water partition coefficient (Wildman–Crippen LogP) is 6.42. The number of nitrogens with two attached hydrogens (primary N) is 1. The first-order chi connectivity index (χ1) is 29.7. The predicted molar refractivity (Wildman–Crippen MR) is 228 cm³/mol. The SMILES string of the molecule is NCCCC[C@H](NC(=O)[C@@H]1C[C@@H](OC(=O)N2CCCCC2)CN1C(=O)[C@@H](Cc1ccc(-c2ccccc2)cc1)NC(=O)OCc1ccccc1)C(=O)c1nc2ccccc2o1. The Morgan fingerprint density at radius 3 is 2.18 bits per heavy atom. The molecule has 4 aromatic carbocycles. The van der Waals surface area contributed by atoms with Crippen LogP contribution in [0.15, 0.2) is 114 Å². The third-order valence-electron chi connectivity index (χ3n) is 11.1. The van der Waals surface area contributed by atoms with Gasteiger partial charge in [-0.15, -0.1) is 0 Å². The average molecular weight is 829 g/mol. The zero-order valence-corrected chi connectivity index (χ0v) is 34.1. The standard InChI is InChI=1S/C47H52N6O8/c48-25-11-10-19-38(42(54)44-50-37-18-8-9-20-41(37)61-44)49-43(55)40-29-36(60-47(58)52-26-12-3-13-27-52)30-53(40)45(56)39(51-46(57)59-31-33-14-4-1-5-15-33)28-32-21-23-35(24-22-32)34-16-6-2-7-17-34/h1-2,4-9,14-18,20-24,36,38-40H,3,10-13,19,25-31,48H2,(H,49,55)(H,51,57)/t36-,38+,39-,40+/m1/s1. The normalized spacial score (nSPS) is 17.3. The lowest BCUT2D eigenvalue weighted by Gasteiger charge is -2.29. The van der Waals surface area contributed by atoms with Crippen LogP contribution in [0.2, 0.25) is 0 Å². The monoisotopic (exact) mass is 828 g/mol. The summed E-state index contributed by atoms with van der Waals surface area (Å²) in [5.74, 6) is -1.87. The molecule has 3 heterocycles. The Balaban J connectivity index is 1.15. The van der Waals surface area contributed by atoms with E-state index in [9.17, 15) is 24.0 Å². The number of benzene rings is 4. The van der Waals surface area contributed by atoms with Gasteiger partial charge in [-0.1, -0.05) is 97.1 Å². The lowest BCUT2D eigenvalue weighted by molar-refractivity contribution is -0.140. The van der Waals surface area contributed by atoms with Gasteiger partial charge in [0.1, 0.15) is 30.3 Å². The van der Waals surface area contributed by atoms with Crippen LogP contribution >= 0.6 is 0 Å². The summed E-state index contributed by atoms with van der Waals surface area (Å²) in [7, 11) is 0. The maximum Gasteiger partial charge on any atom is 0.410 e. The van der Waals surface area contributed by atoms with Crippen molar-refractivity contribution in [3.8, 4) is 11.1 Å². The molecule has 5 aromatic rings. The molecule has 4 amide bonds. The number of nitrogens with zero attached hydrogens (tertiary/aromatic N) is 3. The van der Waals surface area contributed by atoms with Crippen molar-refractivity contribution in [1.29, 1.82) is 0 Å². The molecule has 4 atom stereocenters. The first-order valence-electron chi connectivity index (χ1n) is 21.0. The van der Waals surface area contributed by atoms with Gasteiger partial charge in [0.25, 0.3) is 5.89 Å². The Morgan fingerprint density at radius 2 is 1.46 bits per heavy atom. The zero-order valence-electron chi connectivity index (χ0n) is 34.1. The van der Waals surface area contributed by atoms with E-state index in [2.05, 4.69) is 15.6 Å². The summed E-state index contributed by atoms with van der Waals surface area (Å²) in [6.45, 7) is 1.37. The molecular formula is C47H52N6O8. The minimum absolute atomic E-state index is 0.0255. The first-order valence-corrected chi connectivity index (χ1v) is 21.0. The second-order valence-corrected chi connectivity index (χ2v) is 15.5. The third kappa shape index (κ3) is 11.2. The minimum Gasteiger partial charge on any atom is -0.445 e. The summed E-state index contributed by atoms with van der Waals surface area (Å²) in [6.07, 6.45) is 1.97. The number of carbonyl (C=O) groups is 5. The molecule has 2 fully saturated rings. The third-order valence-corrected chi connectivity index (χ3v) is 11.1. The van der Waals surface area contributed by atoms with Gasteiger partial charge < -0.3 is 40.1 Å². The second kappa shape index (κ2) is 20.6. The van der Waals surface area contributed by atoms with E-state index < -0.39 is 54.0 Å².